The molecule has 0 aliphatic heterocycles. The molecule has 1 saturated carbocycles. The van der Waals surface area contributed by atoms with E-state index in [1.165, 1.54) is 0 Å². The van der Waals surface area contributed by atoms with E-state index in [-0.39, 0.29) is 11.4 Å². The number of aromatic nitrogens is 1. The van der Waals surface area contributed by atoms with Gasteiger partial charge >= 0.3 is 6.18 Å². The summed E-state index contributed by atoms with van der Waals surface area (Å²) in [5.74, 6) is 0.112. The Bertz CT molecular complexity index is 714. The lowest BCUT2D eigenvalue weighted by molar-refractivity contribution is -0.137. The Morgan fingerprint density at radius 2 is 1.96 bits per heavy atom. The van der Waals surface area contributed by atoms with Crippen LogP contribution in [0.4, 0.5) is 13.2 Å². The second-order valence-electron chi connectivity index (χ2n) is 6.30. The number of pyridine rings is 1. The van der Waals surface area contributed by atoms with Crippen LogP contribution in [-0.2, 0) is 6.18 Å². The molecule has 0 amide bonds. The number of nitrogens with zero attached hydrogens (tertiary/aromatic N) is 1. The molecule has 1 N–H and O–H groups in total. The maximum atomic E-state index is 13.0. The molecule has 24 heavy (non-hydrogen) atoms. The minimum atomic E-state index is -4.48. The van der Waals surface area contributed by atoms with Gasteiger partial charge in [-0.2, -0.15) is 13.2 Å². The van der Waals surface area contributed by atoms with Gasteiger partial charge in [-0.1, -0.05) is 30.3 Å². The summed E-state index contributed by atoms with van der Waals surface area (Å²) >= 11 is 0. The van der Waals surface area contributed by atoms with Crippen LogP contribution in [0.25, 0.3) is 11.1 Å². The molecule has 1 aromatic carbocycles. The minimum Gasteiger partial charge on any atom is -0.471 e. The average molecular weight is 337 g/mol. The normalized spacial score (nSPS) is 24.1. The molecule has 3 nitrogen and oxygen atoms in total. The fraction of sp³-hybridized carbons (Fsp3) is 0.389. The number of halogens is 3. The summed E-state index contributed by atoms with van der Waals surface area (Å²) in [6.45, 7) is 1.68. The number of hydrogen-bond acceptors (Lipinski definition) is 3. The average Bonchev–Trinajstić information content (AvgIpc) is 2.86. The third-order valence-electron chi connectivity index (χ3n) is 4.36. The molecule has 0 spiro atoms. The molecule has 0 radical (unpaired) electrons. The van der Waals surface area contributed by atoms with E-state index in [2.05, 4.69) is 4.98 Å². The van der Waals surface area contributed by atoms with Crippen molar-refractivity contribution in [2.24, 2.45) is 0 Å². The predicted octanol–water partition coefficient (Wildman–Crippen LogP) is 4.45. The maximum absolute atomic E-state index is 13.0. The van der Waals surface area contributed by atoms with Crippen LogP contribution in [0, 0.1) is 0 Å². The van der Waals surface area contributed by atoms with Crippen LogP contribution in [0.2, 0.25) is 0 Å². The van der Waals surface area contributed by atoms with E-state index in [4.69, 9.17) is 4.74 Å². The van der Waals surface area contributed by atoms with Crippen LogP contribution >= 0.6 is 0 Å². The molecule has 6 heteroatoms. The van der Waals surface area contributed by atoms with Crippen molar-refractivity contribution in [3.8, 4) is 17.0 Å². The summed E-state index contributed by atoms with van der Waals surface area (Å²) < 4.78 is 44.9. The Hall–Kier alpha value is -2.08. The molecular formula is C18H18F3NO2. The van der Waals surface area contributed by atoms with Gasteiger partial charge in [-0.25, -0.2) is 4.98 Å². The molecule has 1 fully saturated rings. The van der Waals surface area contributed by atoms with E-state index in [9.17, 15) is 18.3 Å². The first-order valence-electron chi connectivity index (χ1n) is 7.79. The number of benzene rings is 1. The molecule has 1 aliphatic carbocycles. The first kappa shape index (κ1) is 16.8. The van der Waals surface area contributed by atoms with Gasteiger partial charge in [-0.05, 0) is 37.8 Å². The summed E-state index contributed by atoms with van der Waals surface area (Å²) in [6, 6.07) is 9.72. The van der Waals surface area contributed by atoms with E-state index < -0.39 is 23.4 Å². The van der Waals surface area contributed by atoms with Crippen LogP contribution in [0.15, 0.2) is 42.6 Å². The molecule has 0 bridgehead atoms. The maximum Gasteiger partial charge on any atom is 0.417 e. The van der Waals surface area contributed by atoms with Crippen molar-refractivity contribution < 1.29 is 23.0 Å². The van der Waals surface area contributed by atoms with Crippen molar-refractivity contribution in [1.82, 2.24) is 4.98 Å². The van der Waals surface area contributed by atoms with Crippen LogP contribution < -0.4 is 4.74 Å². The topological polar surface area (TPSA) is 42.4 Å². The van der Waals surface area contributed by atoms with Gasteiger partial charge in [0, 0.05) is 11.8 Å². The van der Waals surface area contributed by atoms with Crippen molar-refractivity contribution in [3.63, 3.8) is 0 Å². The lowest BCUT2D eigenvalue weighted by Gasteiger charge is -2.27. The highest BCUT2D eigenvalue weighted by Crippen LogP contribution is 2.38. The van der Waals surface area contributed by atoms with Gasteiger partial charge in [-0.3, -0.25) is 0 Å². The first-order valence-corrected chi connectivity index (χ1v) is 7.79. The third-order valence-corrected chi connectivity index (χ3v) is 4.36. The fourth-order valence-electron chi connectivity index (χ4n) is 2.96. The zero-order valence-electron chi connectivity index (χ0n) is 13.2. The molecule has 2 atom stereocenters. The first-order chi connectivity index (χ1) is 11.3. The fourth-order valence-corrected chi connectivity index (χ4v) is 2.96. The predicted molar refractivity (Wildman–Crippen MR) is 83.6 cm³/mol. The third kappa shape index (κ3) is 3.38. The monoisotopic (exact) mass is 337 g/mol. The molecule has 0 saturated heterocycles. The minimum absolute atomic E-state index is 0.112. The SMILES string of the molecule is C[C@@]1(O)CCC[C@H]1Oc1ncc(C(F)(F)F)cc1-c1ccccc1. The Labute approximate surface area is 138 Å². The van der Waals surface area contributed by atoms with Gasteiger partial charge in [0.1, 0.15) is 6.10 Å². The number of rotatable bonds is 3. The van der Waals surface area contributed by atoms with Crippen molar-refractivity contribution in [2.75, 3.05) is 0 Å². The van der Waals surface area contributed by atoms with E-state index in [1.54, 1.807) is 37.3 Å². The summed E-state index contributed by atoms with van der Waals surface area (Å²) in [7, 11) is 0. The van der Waals surface area contributed by atoms with Crippen molar-refractivity contribution in [2.45, 2.75) is 44.1 Å². The summed E-state index contributed by atoms with van der Waals surface area (Å²) in [5, 5.41) is 10.3. The smallest absolute Gasteiger partial charge is 0.417 e. The zero-order valence-corrected chi connectivity index (χ0v) is 13.2. The van der Waals surface area contributed by atoms with Gasteiger partial charge < -0.3 is 9.84 Å². The second-order valence-corrected chi connectivity index (χ2v) is 6.30. The Balaban J connectivity index is 2.02. The van der Waals surface area contributed by atoms with E-state index in [1.807, 2.05) is 0 Å². The number of aliphatic hydroxyl groups is 1. The summed E-state index contributed by atoms with van der Waals surface area (Å²) in [4.78, 5) is 3.90. The highest BCUT2D eigenvalue weighted by Gasteiger charge is 2.39. The molecule has 2 aromatic rings. The van der Waals surface area contributed by atoms with Gasteiger partial charge in [0.2, 0.25) is 5.88 Å². The standard InChI is InChI=1S/C18H18F3NO2/c1-17(23)9-5-8-15(17)24-16-14(12-6-3-2-4-7-12)10-13(11-22-16)18(19,20)21/h2-4,6-7,10-11,15,23H,5,8-9H2,1H3/t15-,17-/m1/s1. The van der Waals surface area contributed by atoms with Crippen molar-refractivity contribution in [1.29, 1.82) is 0 Å². The number of ether oxygens (including phenoxy) is 1. The largest absolute Gasteiger partial charge is 0.471 e. The number of alkyl halides is 3. The van der Waals surface area contributed by atoms with Crippen molar-refractivity contribution in [3.05, 3.63) is 48.2 Å². The van der Waals surface area contributed by atoms with Gasteiger partial charge in [-0.15, -0.1) is 0 Å². The van der Waals surface area contributed by atoms with Crippen LogP contribution in [0.3, 0.4) is 0 Å². The second kappa shape index (κ2) is 6.09. The van der Waals surface area contributed by atoms with E-state index in [0.29, 0.717) is 18.4 Å². The summed E-state index contributed by atoms with van der Waals surface area (Å²) in [6.07, 6.45) is -2.15. The van der Waals surface area contributed by atoms with Crippen LogP contribution in [0.5, 0.6) is 5.88 Å². The molecule has 3 rings (SSSR count). The van der Waals surface area contributed by atoms with Gasteiger partial charge in [0.15, 0.2) is 0 Å². The molecule has 1 aliphatic rings. The highest BCUT2D eigenvalue weighted by atomic mass is 19.4. The van der Waals surface area contributed by atoms with Gasteiger partial charge in [0.05, 0.1) is 11.2 Å². The van der Waals surface area contributed by atoms with E-state index in [0.717, 1.165) is 18.7 Å². The zero-order chi connectivity index (χ0) is 17.4. The molecule has 1 aromatic heterocycles. The van der Waals surface area contributed by atoms with E-state index >= 15 is 0 Å². The van der Waals surface area contributed by atoms with Crippen molar-refractivity contribution >= 4 is 0 Å². The number of hydrogen-bond donors (Lipinski definition) is 1. The lowest BCUT2D eigenvalue weighted by atomic mass is 10.0. The summed E-state index contributed by atoms with van der Waals surface area (Å²) in [5.41, 5.74) is -0.970. The molecule has 1 heterocycles. The molecule has 128 valence electrons. The Morgan fingerprint density at radius 3 is 2.54 bits per heavy atom. The lowest BCUT2D eigenvalue weighted by Crippen LogP contribution is -2.38. The van der Waals surface area contributed by atoms with Gasteiger partial charge in [0.25, 0.3) is 0 Å². The molecular weight excluding hydrogens is 319 g/mol. The van der Waals surface area contributed by atoms with Crippen LogP contribution in [0.1, 0.15) is 31.7 Å². The Morgan fingerprint density at radius 1 is 1.25 bits per heavy atom. The quantitative estimate of drug-likeness (QED) is 0.900. The van der Waals surface area contributed by atoms with Crippen LogP contribution in [-0.4, -0.2) is 21.8 Å². The molecule has 0 unspecified atom stereocenters. The highest BCUT2D eigenvalue weighted by molar-refractivity contribution is 5.69. The Kier molecular flexibility index (Phi) is 4.25.